The Morgan fingerprint density at radius 1 is 0.264 bits per heavy atom. The van der Waals surface area contributed by atoms with Gasteiger partial charge in [0.2, 0.25) is 0 Å². The number of nitrogens with one attached hydrogen (secondary N) is 10. The predicted molar refractivity (Wildman–Crippen MR) is 569 cm³/mol. The topological polar surface area (TPSA) is 481 Å². The van der Waals surface area contributed by atoms with Gasteiger partial charge < -0.3 is 43.8 Å². The molecule has 0 aliphatic rings. The summed E-state index contributed by atoms with van der Waals surface area (Å²) < 4.78 is 29.0. The van der Waals surface area contributed by atoms with E-state index < -0.39 is 0 Å². The maximum atomic E-state index is 5.01. The van der Waals surface area contributed by atoms with Crippen molar-refractivity contribution in [3.05, 3.63) is 452 Å². The fraction of sp³-hybridized carbons (Fsp3) is 0. The van der Waals surface area contributed by atoms with Crippen LogP contribution in [0.3, 0.4) is 0 Å². The Labute approximate surface area is 828 Å². The molecular formula is C106H84N32O3S3. The van der Waals surface area contributed by atoms with Gasteiger partial charge in [0.25, 0.3) is 0 Å². The molecule has 23 aromatic heterocycles. The van der Waals surface area contributed by atoms with E-state index in [1.165, 1.54) is 49.8 Å². The van der Waals surface area contributed by atoms with Crippen molar-refractivity contribution in [3.63, 3.8) is 0 Å². The van der Waals surface area contributed by atoms with Crippen LogP contribution < -0.4 is 0 Å². The van der Waals surface area contributed by atoms with Gasteiger partial charge in [0.1, 0.15) is 44.3 Å². The van der Waals surface area contributed by atoms with Crippen LogP contribution in [0.5, 0.6) is 0 Å². The Morgan fingerprint density at radius 2 is 0.778 bits per heavy atom. The monoisotopic (exact) mass is 1950 g/mol. The Morgan fingerprint density at radius 3 is 1.49 bits per heavy atom. The minimum absolute atomic E-state index is 0.775. The zero-order chi connectivity index (χ0) is 97.7. The molecule has 32 aromatic rings. The quantitative estimate of drug-likeness (QED) is 0.0674. The molecule has 0 unspecified atom stereocenters. The van der Waals surface area contributed by atoms with Crippen LogP contribution in [-0.2, 0) is 0 Å². The molecule has 0 bridgehead atoms. The second-order valence-electron chi connectivity index (χ2n) is 29.7. The maximum absolute atomic E-state index is 5.01. The molecular weight excluding hydrogens is 1870 g/mol. The number of imidazole rings is 3. The van der Waals surface area contributed by atoms with Crippen LogP contribution in [0.2, 0.25) is 0 Å². The molecule has 32 rings (SSSR count). The van der Waals surface area contributed by atoms with Crippen molar-refractivity contribution in [2.24, 2.45) is 0 Å². The first-order chi connectivity index (χ1) is 71.5. The molecule has 23 heterocycles. The molecule has 35 nitrogen and oxygen atoms in total. The standard InChI is InChI=1S/6C7H6N2.2C7H5NO.2C7H5NS.4C6H5N3.C6H4N2O.C6H4N2S/c1-4-9-7-2-3-8-5-6(1)7;1-3-8-5-7-6(1)2-4-9-7;1-2-6-7(8-4-1)3-5-9-6;1-2-6-3-5-9-7(6)8-4-1;1-2-4-7-6(3-1)8-5-9-7;1-2-4-7-6(3-1)5-8-9-7;1-2-4-7-6(3-1)8-5-9-7;1-2-4-7-6(3-1)5-8-9-7;1-2-4-7-6(3-1)8-5-9-7;1-2-4-7-6(3-1)5-8-9-7;1-2-7-3-6-5(1)8-4-9-6;1-2-5-6(7-3-1)9-4-8-5;1-2-5-4-8-9-6(5)7-3-1;3*1-2-4-6-5(3-1)7-9-8-6/h3*1-5,9H;3*1-5H,(H,8,9);4*1-5H;1-4H,(H,8,9);3*1-4H,(H,7,8,9);2*1-4H. The molecule has 0 fully saturated rings. The number of oxazole rings is 1. The van der Waals surface area contributed by atoms with Gasteiger partial charge in [-0.2, -0.15) is 38.7 Å². The molecule has 0 saturated carbocycles. The number of benzene rings is 9. The van der Waals surface area contributed by atoms with Crippen LogP contribution >= 0.6 is 34.6 Å². The van der Waals surface area contributed by atoms with Gasteiger partial charge >= 0.3 is 0 Å². The molecule has 38 heteroatoms. The second kappa shape index (κ2) is 51.7. The smallest absolute Gasteiger partial charge is 0.181 e. The van der Waals surface area contributed by atoms with E-state index in [0.717, 1.165) is 154 Å². The number of rotatable bonds is 0. The highest BCUT2D eigenvalue weighted by atomic mass is 32.1. The molecule has 0 atom stereocenters. The average molecular weight is 1950 g/mol. The molecule has 704 valence electrons. The first-order valence-corrected chi connectivity index (χ1v) is 46.6. The summed E-state index contributed by atoms with van der Waals surface area (Å²) in [4.78, 5) is 69.3. The van der Waals surface area contributed by atoms with Gasteiger partial charge in [0.15, 0.2) is 28.9 Å². The molecule has 0 spiro atoms. The number of thiazole rings is 1. The number of fused-ring (bicyclic) bond motifs is 16. The van der Waals surface area contributed by atoms with Crippen molar-refractivity contribution in [2.75, 3.05) is 0 Å². The Hall–Kier alpha value is -20.1. The minimum Gasteiger partial charge on any atom is -0.443 e. The van der Waals surface area contributed by atoms with E-state index in [1.807, 2.05) is 346 Å². The lowest BCUT2D eigenvalue weighted by atomic mass is 10.3. The third kappa shape index (κ3) is 28.1. The van der Waals surface area contributed by atoms with Crippen LogP contribution in [0.15, 0.2) is 465 Å². The number of aromatic amines is 10. The van der Waals surface area contributed by atoms with Crippen molar-refractivity contribution in [3.8, 4) is 0 Å². The van der Waals surface area contributed by atoms with Crippen molar-refractivity contribution in [2.45, 2.75) is 0 Å². The summed E-state index contributed by atoms with van der Waals surface area (Å²) in [5, 5.41) is 42.6. The first-order valence-electron chi connectivity index (χ1n) is 44.2. The van der Waals surface area contributed by atoms with E-state index in [4.69, 9.17) is 8.94 Å². The van der Waals surface area contributed by atoms with Crippen molar-refractivity contribution >= 4 is 209 Å². The molecule has 0 aliphatic heterocycles. The predicted octanol–water partition coefficient (Wildman–Crippen LogP) is 24.4. The zero-order valence-electron chi connectivity index (χ0n) is 76.0. The van der Waals surface area contributed by atoms with Gasteiger partial charge in [-0.1, -0.05) is 126 Å². The molecule has 0 saturated heterocycles. The molecule has 9 aromatic carbocycles. The molecule has 0 radical (unpaired) electrons. The highest BCUT2D eigenvalue weighted by Gasteiger charge is 2.02. The van der Waals surface area contributed by atoms with E-state index in [-0.39, 0.29) is 0 Å². The number of aromatic nitrogens is 32. The van der Waals surface area contributed by atoms with Gasteiger partial charge in [-0.05, 0) is 210 Å². The lowest BCUT2D eigenvalue weighted by molar-refractivity contribution is 0.315. The van der Waals surface area contributed by atoms with Gasteiger partial charge in [0, 0.05) is 124 Å². The normalized spacial score (nSPS) is 10.2. The van der Waals surface area contributed by atoms with E-state index in [1.54, 1.807) is 92.3 Å². The van der Waals surface area contributed by atoms with Crippen LogP contribution in [0, 0.1) is 0 Å². The van der Waals surface area contributed by atoms with Crippen molar-refractivity contribution in [1.82, 2.24) is 159 Å². The lowest BCUT2D eigenvalue weighted by Gasteiger charge is -1.82. The largest absolute Gasteiger partial charge is 0.443 e. The summed E-state index contributed by atoms with van der Waals surface area (Å²) in [5.74, 6) is 0. The van der Waals surface area contributed by atoms with Gasteiger partial charge in [0.05, 0.1) is 132 Å². The minimum atomic E-state index is 0.775. The van der Waals surface area contributed by atoms with Crippen molar-refractivity contribution in [1.29, 1.82) is 0 Å². The average Bonchev–Trinajstić information content (AvgIpc) is 1.92. The number of H-pyrrole nitrogens is 10. The van der Waals surface area contributed by atoms with Crippen LogP contribution in [0.1, 0.15) is 0 Å². The van der Waals surface area contributed by atoms with Crippen LogP contribution in [-0.4, -0.2) is 159 Å². The summed E-state index contributed by atoms with van der Waals surface area (Å²) in [6, 6.07) is 100. The zero-order valence-corrected chi connectivity index (χ0v) is 78.5. The van der Waals surface area contributed by atoms with E-state index in [0.29, 0.717) is 0 Å². The Kier molecular flexibility index (Phi) is 34.3. The number of para-hydroxylation sites is 9. The number of hydrogen-bond acceptors (Lipinski definition) is 28. The first kappa shape index (κ1) is 95.6. The molecule has 0 aliphatic carbocycles. The third-order valence-electron chi connectivity index (χ3n) is 20.2. The Balaban J connectivity index is 0.000000105. The summed E-state index contributed by atoms with van der Waals surface area (Å²) in [5.41, 5.74) is 24.1. The van der Waals surface area contributed by atoms with E-state index >= 15 is 0 Å². The summed E-state index contributed by atoms with van der Waals surface area (Å²) >= 11 is 4.47. The van der Waals surface area contributed by atoms with E-state index in [2.05, 4.69) is 182 Å². The van der Waals surface area contributed by atoms with Gasteiger partial charge in [-0.25, -0.2) is 44.5 Å². The summed E-state index contributed by atoms with van der Waals surface area (Å²) in [6.45, 7) is 0. The third-order valence-corrected chi connectivity index (χ3v) is 22.3. The maximum Gasteiger partial charge on any atom is 0.181 e. The molecule has 10 N–H and O–H groups in total. The molecule has 0 amide bonds. The number of pyridine rings is 7. The Bertz CT molecular complexity index is 6650. The SMILES string of the molecule is c1cc2[nH]ccc2cn1.c1cc2cc[nH]c2cn1.c1cc2nc[nH]c2cn1.c1ccc2[nH]cnc2c1.c1ccc2[nH]ncc2c1.c1ccc2n[nH]nc2c1.c1ccc2nonc2c1.c1ccc2nsnc2c1.c1ccc2ocnc2c1.c1ccc2oncc2c1.c1ccc2scnc2c1.c1ccc2sncc2c1.c1cnc2[nH]ccc2c1.c1cnc2[nH]ncc2c1.c1cnc2cc[nH]c2c1.c1cnc2nc[nH]c2c1. The van der Waals surface area contributed by atoms with E-state index in [9.17, 15) is 0 Å². The van der Waals surface area contributed by atoms with Crippen LogP contribution in [0.25, 0.3) is 175 Å². The van der Waals surface area contributed by atoms with Crippen molar-refractivity contribution < 1.29 is 13.6 Å². The van der Waals surface area contributed by atoms with Crippen LogP contribution in [0.4, 0.5) is 0 Å². The second-order valence-corrected chi connectivity index (χ2v) is 31.9. The summed E-state index contributed by atoms with van der Waals surface area (Å²) in [7, 11) is 0. The number of hydrogen-bond donors (Lipinski definition) is 10. The van der Waals surface area contributed by atoms with Gasteiger partial charge in [-0.3, -0.25) is 30.1 Å². The highest BCUT2D eigenvalue weighted by molar-refractivity contribution is 7.16. The fourth-order valence-corrected chi connectivity index (χ4v) is 15.0. The molecule has 144 heavy (non-hydrogen) atoms. The fourth-order valence-electron chi connectivity index (χ4n) is 13.1. The number of nitrogens with zero attached hydrogens (tertiary/aromatic N) is 22. The van der Waals surface area contributed by atoms with Gasteiger partial charge in [-0.15, -0.1) is 11.3 Å². The highest BCUT2D eigenvalue weighted by Crippen LogP contribution is 2.20. The summed E-state index contributed by atoms with van der Waals surface area (Å²) in [6.07, 6.45) is 38.9. The lowest BCUT2D eigenvalue weighted by Crippen LogP contribution is -1.71.